The van der Waals surface area contributed by atoms with Gasteiger partial charge in [-0.25, -0.2) is 13.1 Å². The summed E-state index contributed by atoms with van der Waals surface area (Å²) >= 11 is 0. The van der Waals surface area contributed by atoms with Gasteiger partial charge in [-0.2, -0.15) is 0 Å². The molecule has 1 unspecified atom stereocenters. The van der Waals surface area contributed by atoms with Crippen molar-refractivity contribution < 1.29 is 13.3 Å². The number of benzene rings is 1. The Labute approximate surface area is 106 Å². The summed E-state index contributed by atoms with van der Waals surface area (Å²) in [4.78, 5) is 10.1. The number of hydrogen-bond donors (Lipinski definition) is 1. The van der Waals surface area contributed by atoms with Crippen molar-refractivity contribution in [2.45, 2.75) is 38.1 Å². The fourth-order valence-electron chi connectivity index (χ4n) is 1.37. The highest BCUT2D eigenvalue weighted by atomic mass is 32.2. The number of sulfonamides is 1. The van der Waals surface area contributed by atoms with Gasteiger partial charge >= 0.3 is 0 Å². The molecule has 7 heteroatoms. The fraction of sp³-hybridized carbons (Fsp3) is 0.455. The molecule has 1 aromatic carbocycles. The Bertz CT molecular complexity index is 554. The zero-order valence-electron chi connectivity index (χ0n) is 10.5. The van der Waals surface area contributed by atoms with Gasteiger partial charge < -0.3 is 0 Å². The number of nitrogens with zero attached hydrogens (tertiary/aromatic N) is 1. The molecule has 1 rings (SSSR count). The molecular formula is C11H16N2O4S. The van der Waals surface area contributed by atoms with Gasteiger partial charge in [0, 0.05) is 17.7 Å². The Kier molecular flexibility index (Phi) is 4.42. The normalized spacial score (nSPS) is 13.3. The molecule has 0 aliphatic carbocycles. The van der Waals surface area contributed by atoms with Crippen molar-refractivity contribution in [2.75, 3.05) is 0 Å². The number of aryl methyl sites for hydroxylation is 1. The molecule has 0 radical (unpaired) electrons. The van der Waals surface area contributed by atoms with Crippen LogP contribution in [-0.2, 0) is 10.0 Å². The third-order valence-electron chi connectivity index (χ3n) is 2.66. The molecule has 0 saturated carbocycles. The second-order valence-corrected chi connectivity index (χ2v) is 5.85. The van der Waals surface area contributed by atoms with Crippen LogP contribution in [0, 0.1) is 17.0 Å². The van der Waals surface area contributed by atoms with E-state index in [-0.39, 0.29) is 16.6 Å². The molecular weight excluding hydrogens is 256 g/mol. The number of hydrogen-bond acceptors (Lipinski definition) is 4. The van der Waals surface area contributed by atoms with E-state index in [1.165, 1.54) is 12.1 Å². The van der Waals surface area contributed by atoms with Gasteiger partial charge in [0.05, 0.1) is 9.82 Å². The maximum atomic E-state index is 12.0. The van der Waals surface area contributed by atoms with E-state index in [4.69, 9.17) is 0 Å². The van der Waals surface area contributed by atoms with Crippen LogP contribution in [-0.4, -0.2) is 19.4 Å². The van der Waals surface area contributed by atoms with Crippen LogP contribution in [0.3, 0.4) is 0 Å². The predicted octanol–water partition coefficient (Wildman–Crippen LogP) is 1.98. The monoisotopic (exact) mass is 272 g/mol. The van der Waals surface area contributed by atoms with Crippen LogP contribution in [0.2, 0.25) is 0 Å². The van der Waals surface area contributed by atoms with Crippen LogP contribution >= 0.6 is 0 Å². The van der Waals surface area contributed by atoms with Crippen molar-refractivity contribution in [1.82, 2.24) is 4.72 Å². The minimum atomic E-state index is -3.70. The van der Waals surface area contributed by atoms with Crippen molar-refractivity contribution in [1.29, 1.82) is 0 Å². The molecule has 0 aliphatic heterocycles. The number of nitro groups is 1. The van der Waals surface area contributed by atoms with Gasteiger partial charge in [-0.1, -0.05) is 13.0 Å². The summed E-state index contributed by atoms with van der Waals surface area (Å²) in [7, 11) is -3.70. The molecule has 0 amide bonds. The summed E-state index contributed by atoms with van der Waals surface area (Å²) in [6.45, 7) is 5.15. The van der Waals surface area contributed by atoms with Crippen LogP contribution in [0.5, 0.6) is 0 Å². The first-order chi connectivity index (χ1) is 8.27. The largest absolute Gasteiger partial charge is 0.273 e. The maximum absolute atomic E-state index is 12.0. The Morgan fingerprint density at radius 3 is 2.56 bits per heavy atom. The van der Waals surface area contributed by atoms with Crippen molar-refractivity contribution in [3.05, 3.63) is 33.9 Å². The minimum Gasteiger partial charge on any atom is -0.258 e. The number of nitrogens with one attached hydrogen (secondary N) is 1. The highest BCUT2D eigenvalue weighted by Gasteiger charge is 2.20. The summed E-state index contributed by atoms with van der Waals surface area (Å²) in [6, 6.07) is 3.67. The van der Waals surface area contributed by atoms with E-state index in [1.807, 2.05) is 6.92 Å². The molecule has 0 heterocycles. The molecule has 1 N–H and O–H groups in total. The summed E-state index contributed by atoms with van der Waals surface area (Å²) in [5.41, 5.74) is 0.240. The van der Waals surface area contributed by atoms with Crippen molar-refractivity contribution in [3.8, 4) is 0 Å². The van der Waals surface area contributed by atoms with Crippen LogP contribution in [0.4, 0.5) is 5.69 Å². The third-order valence-corrected chi connectivity index (χ3v) is 4.24. The molecule has 0 saturated heterocycles. The molecule has 0 spiro atoms. The topological polar surface area (TPSA) is 89.3 Å². The lowest BCUT2D eigenvalue weighted by Crippen LogP contribution is -2.32. The van der Waals surface area contributed by atoms with Gasteiger partial charge in [0.1, 0.15) is 0 Å². The quantitative estimate of drug-likeness (QED) is 0.655. The lowest BCUT2D eigenvalue weighted by Gasteiger charge is -2.12. The highest BCUT2D eigenvalue weighted by molar-refractivity contribution is 7.89. The van der Waals surface area contributed by atoms with Gasteiger partial charge in [-0.3, -0.25) is 10.1 Å². The molecule has 18 heavy (non-hydrogen) atoms. The van der Waals surface area contributed by atoms with E-state index in [2.05, 4.69) is 4.72 Å². The smallest absolute Gasteiger partial charge is 0.258 e. The average Bonchev–Trinajstić information content (AvgIpc) is 2.28. The number of rotatable bonds is 5. The highest BCUT2D eigenvalue weighted by Crippen LogP contribution is 2.22. The van der Waals surface area contributed by atoms with E-state index >= 15 is 0 Å². The van der Waals surface area contributed by atoms with Crippen LogP contribution < -0.4 is 4.72 Å². The Balaban J connectivity index is 3.18. The summed E-state index contributed by atoms with van der Waals surface area (Å²) in [6.07, 6.45) is 0.646. The van der Waals surface area contributed by atoms with E-state index in [0.717, 1.165) is 6.07 Å². The van der Waals surface area contributed by atoms with Crippen molar-refractivity contribution >= 4 is 15.7 Å². The molecule has 0 aliphatic rings. The first-order valence-electron chi connectivity index (χ1n) is 5.55. The van der Waals surface area contributed by atoms with Crippen molar-refractivity contribution in [3.63, 3.8) is 0 Å². The molecule has 0 bridgehead atoms. The summed E-state index contributed by atoms with van der Waals surface area (Å²) < 4.78 is 26.4. The van der Waals surface area contributed by atoms with E-state index in [9.17, 15) is 18.5 Å². The van der Waals surface area contributed by atoms with Crippen molar-refractivity contribution in [2.24, 2.45) is 0 Å². The lowest BCUT2D eigenvalue weighted by atomic mass is 10.2. The van der Waals surface area contributed by atoms with E-state index in [0.29, 0.717) is 12.0 Å². The van der Waals surface area contributed by atoms with Gasteiger partial charge in [0.15, 0.2) is 0 Å². The van der Waals surface area contributed by atoms with Gasteiger partial charge in [0.25, 0.3) is 5.69 Å². The number of nitro benzene ring substituents is 1. The second kappa shape index (κ2) is 5.45. The Hall–Kier alpha value is -1.47. The van der Waals surface area contributed by atoms with Gasteiger partial charge in [-0.05, 0) is 26.3 Å². The third kappa shape index (κ3) is 3.27. The van der Waals surface area contributed by atoms with Crippen LogP contribution in [0.1, 0.15) is 25.8 Å². The lowest BCUT2D eigenvalue weighted by molar-refractivity contribution is -0.385. The van der Waals surface area contributed by atoms with Gasteiger partial charge in [-0.15, -0.1) is 0 Å². The molecule has 100 valence electrons. The maximum Gasteiger partial charge on any atom is 0.273 e. The molecule has 0 fully saturated rings. The van der Waals surface area contributed by atoms with Crippen LogP contribution in [0.25, 0.3) is 0 Å². The first-order valence-corrected chi connectivity index (χ1v) is 7.03. The molecule has 0 aromatic heterocycles. The van der Waals surface area contributed by atoms with Gasteiger partial charge in [0.2, 0.25) is 10.0 Å². The van der Waals surface area contributed by atoms with Crippen LogP contribution in [0.15, 0.2) is 23.1 Å². The fourth-order valence-corrected chi connectivity index (χ4v) is 2.72. The predicted molar refractivity (Wildman–Crippen MR) is 67.9 cm³/mol. The average molecular weight is 272 g/mol. The molecule has 1 atom stereocenters. The summed E-state index contributed by atoms with van der Waals surface area (Å²) in [5, 5.41) is 10.8. The zero-order valence-corrected chi connectivity index (χ0v) is 11.3. The standard InChI is InChI=1S/C11H16N2O4S/c1-4-9(3)12-18(16,17)10-6-5-8(2)11(7-10)13(14)15/h5-7,9,12H,4H2,1-3H3. The Morgan fingerprint density at radius 1 is 1.44 bits per heavy atom. The van der Waals surface area contributed by atoms with E-state index in [1.54, 1.807) is 13.8 Å². The summed E-state index contributed by atoms with van der Waals surface area (Å²) in [5.74, 6) is 0. The Morgan fingerprint density at radius 2 is 2.06 bits per heavy atom. The molecule has 1 aromatic rings. The minimum absolute atomic E-state index is 0.0832. The SMILES string of the molecule is CCC(C)NS(=O)(=O)c1ccc(C)c([N+](=O)[O-])c1. The van der Waals surface area contributed by atoms with E-state index < -0.39 is 14.9 Å². The zero-order chi connectivity index (χ0) is 13.9. The molecule has 6 nitrogen and oxygen atoms in total. The first kappa shape index (κ1) is 14.6. The second-order valence-electron chi connectivity index (χ2n) is 4.14.